The molecule has 0 aliphatic carbocycles. The number of terminal acetylenes is 1. The van der Waals surface area contributed by atoms with Crippen LogP contribution in [0.1, 0.15) is 17.0 Å². The number of benzene rings is 2. The molecule has 0 atom stereocenters. The summed E-state index contributed by atoms with van der Waals surface area (Å²) in [6, 6.07) is 26.0. The Hall–Kier alpha value is -5.33. The van der Waals surface area contributed by atoms with E-state index in [0.717, 1.165) is 28.1 Å². The Morgan fingerprint density at radius 1 is 0.925 bits per heavy atom. The summed E-state index contributed by atoms with van der Waals surface area (Å²) in [6.07, 6.45) is 7.44. The van der Waals surface area contributed by atoms with Crippen LogP contribution in [0.2, 0.25) is 0 Å². The van der Waals surface area contributed by atoms with E-state index in [0.29, 0.717) is 36.1 Å². The molecule has 0 saturated carbocycles. The van der Waals surface area contributed by atoms with Crippen molar-refractivity contribution in [2.24, 2.45) is 0 Å². The van der Waals surface area contributed by atoms with Gasteiger partial charge in [-0.05, 0) is 48.5 Å². The number of aromatic nitrogens is 5. The normalized spacial score (nSPS) is 10.6. The summed E-state index contributed by atoms with van der Waals surface area (Å²) in [6.45, 7) is 0.707. The fraction of sp³-hybridized carbons (Fsp3) is 0.129. The van der Waals surface area contributed by atoms with Crippen LogP contribution in [-0.4, -0.2) is 44.6 Å². The van der Waals surface area contributed by atoms with Gasteiger partial charge in [0.2, 0.25) is 0 Å². The van der Waals surface area contributed by atoms with E-state index in [2.05, 4.69) is 31.5 Å². The lowest BCUT2D eigenvalue weighted by atomic mass is 10.0. The van der Waals surface area contributed by atoms with Crippen molar-refractivity contribution in [1.29, 1.82) is 0 Å². The molecule has 3 heterocycles. The van der Waals surface area contributed by atoms with Crippen LogP contribution in [0.15, 0.2) is 91.1 Å². The lowest BCUT2D eigenvalue weighted by molar-refractivity contribution is -0.118. The summed E-state index contributed by atoms with van der Waals surface area (Å²) < 4.78 is 12.5. The predicted octanol–water partition coefficient (Wildman–Crippen LogP) is 4.60. The van der Waals surface area contributed by atoms with Gasteiger partial charge in [-0.3, -0.25) is 9.78 Å². The fourth-order valence-corrected chi connectivity index (χ4v) is 4.02. The molecule has 0 spiro atoms. The van der Waals surface area contributed by atoms with E-state index in [1.54, 1.807) is 30.0 Å². The molecule has 5 aromatic rings. The second-order valence-corrected chi connectivity index (χ2v) is 8.86. The van der Waals surface area contributed by atoms with Crippen molar-refractivity contribution in [2.75, 3.05) is 19.0 Å². The smallest absolute Gasteiger partial charge is 0.263 e. The van der Waals surface area contributed by atoms with Crippen molar-refractivity contribution in [1.82, 2.24) is 25.0 Å². The van der Waals surface area contributed by atoms with Gasteiger partial charge in [0.15, 0.2) is 6.61 Å². The first-order valence-corrected chi connectivity index (χ1v) is 12.5. The Labute approximate surface area is 231 Å². The minimum absolute atomic E-state index is 0.164. The number of methoxy groups -OCH3 is 1. The first-order chi connectivity index (χ1) is 19.6. The highest BCUT2D eigenvalue weighted by molar-refractivity contribution is 5.92. The highest BCUT2D eigenvalue weighted by atomic mass is 16.5. The SMILES string of the molecule is C#Cc1cccc(-c2cc(-c3cn(Cc4cccc(COC)n4)nn3)cc(NC(=O)COc3ccccc3)n2)c1. The zero-order valence-corrected chi connectivity index (χ0v) is 21.8. The van der Waals surface area contributed by atoms with Crippen molar-refractivity contribution in [3.05, 3.63) is 108 Å². The van der Waals surface area contributed by atoms with Crippen molar-refractivity contribution < 1.29 is 14.3 Å². The molecule has 1 N–H and O–H groups in total. The Morgan fingerprint density at radius 3 is 2.58 bits per heavy atom. The van der Waals surface area contributed by atoms with E-state index in [1.807, 2.05) is 72.9 Å². The second kappa shape index (κ2) is 12.5. The van der Waals surface area contributed by atoms with Crippen LogP contribution in [0.3, 0.4) is 0 Å². The van der Waals surface area contributed by atoms with Crippen LogP contribution in [-0.2, 0) is 22.7 Å². The minimum Gasteiger partial charge on any atom is -0.484 e. The number of anilines is 1. The molecule has 1 amide bonds. The molecule has 0 fully saturated rings. The molecule has 3 aromatic heterocycles. The summed E-state index contributed by atoms with van der Waals surface area (Å²) in [5.41, 5.74) is 5.16. The predicted molar refractivity (Wildman–Crippen MR) is 151 cm³/mol. The van der Waals surface area contributed by atoms with Crippen LogP contribution in [0, 0.1) is 12.3 Å². The van der Waals surface area contributed by atoms with Crippen LogP contribution < -0.4 is 10.1 Å². The molecule has 2 aromatic carbocycles. The number of carbonyl (C=O) groups is 1. The van der Waals surface area contributed by atoms with Gasteiger partial charge in [-0.25, -0.2) is 9.67 Å². The summed E-state index contributed by atoms with van der Waals surface area (Å²) in [5, 5.41) is 11.5. The van der Waals surface area contributed by atoms with Gasteiger partial charge >= 0.3 is 0 Å². The lowest BCUT2D eigenvalue weighted by Crippen LogP contribution is -2.21. The number of rotatable bonds is 10. The highest BCUT2D eigenvalue weighted by Crippen LogP contribution is 2.27. The number of para-hydroxylation sites is 1. The molecule has 9 heteroatoms. The number of ether oxygens (including phenoxy) is 2. The van der Waals surface area contributed by atoms with Crippen molar-refractivity contribution in [3.63, 3.8) is 0 Å². The van der Waals surface area contributed by atoms with Gasteiger partial charge in [-0.15, -0.1) is 11.5 Å². The largest absolute Gasteiger partial charge is 0.484 e. The maximum Gasteiger partial charge on any atom is 0.263 e. The Morgan fingerprint density at radius 2 is 1.75 bits per heavy atom. The molecule has 5 rings (SSSR count). The summed E-state index contributed by atoms with van der Waals surface area (Å²) in [4.78, 5) is 22.0. The second-order valence-electron chi connectivity index (χ2n) is 8.86. The van der Waals surface area contributed by atoms with Crippen LogP contribution in [0.4, 0.5) is 5.82 Å². The number of nitrogens with zero attached hydrogens (tertiary/aromatic N) is 5. The summed E-state index contributed by atoms with van der Waals surface area (Å²) >= 11 is 0. The van der Waals surface area contributed by atoms with E-state index in [4.69, 9.17) is 15.9 Å². The van der Waals surface area contributed by atoms with Gasteiger partial charge in [0.25, 0.3) is 5.91 Å². The molecule has 9 nitrogen and oxygen atoms in total. The van der Waals surface area contributed by atoms with Crippen molar-refractivity contribution in [2.45, 2.75) is 13.2 Å². The van der Waals surface area contributed by atoms with E-state index in [1.165, 1.54) is 0 Å². The number of carbonyl (C=O) groups excluding carboxylic acids is 1. The average molecular weight is 531 g/mol. The van der Waals surface area contributed by atoms with Crippen LogP contribution >= 0.6 is 0 Å². The number of amides is 1. The third kappa shape index (κ3) is 6.75. The molecule has 0 radical (unpaired) electrons. The lowest BCUT2D eigenvalue weighted by Gasteiger charge is -2.10. The molecule has 0 aliphatic heterocycles. The van der Waals surface area contributed by atoms with Crippen LogP contribution in [0.5, 0.6) is 5.75 Å². The maximum absolute atomic E-state index is 12.7. The molecule has 198 valence electrons. The molecular weight excluding hydrogens is 504 g/mol. The van der Waals surface area contributed by atoms with Gasteiger partial charge in [-0.2, -0.15) is 0 Å². The highest BCUT2D eigenvalue weighted by Gasteiger charge is 2.13. The van der Waals surface area contributed by atoms with Crippen molar-refractivity contribution >= 4 is 11.7 Å². The number of nitrogens with one attached hydrogen (secondary N) is 1. The molecular formula is C31H26N6O3. The summed E-state index contributed by atoms with van der Waals surface area (Å²) in [5.74, 6) is 3.26. The first-order valence-electron chi connectivity index (χ1n) is 12.5. The Bertz CT molecular complexity index is 1660. The zero-order valence-electron chi connectivity index (χ0n) is 21.8. The molecule has 40 heavy (non-hydrogen) atoms. The van der Waals surface area contributed by atoms with E-state index in [-0.39, 0.29) is 12.5 Å². The molecule has 0 saturated heterocycles. The topological polar surface area (TPSA) is 104 Å². The van der Waals surface area contributed by atoms with Gasteiger partial charge in [0.1, 0.15) is 17.3 Å². The van der Waals surface area contributed by atoms with Gasteiger partial charge in [-0.1, -0.05) is 47.5 Å². The van der Waals surface area contributed by atoms with E-state index in [9.17, 15) is 4.79 Å². The van der Waals surface area contributed by atoms with E-state index < -0.39 is 0 Å². The third-order valence-corrected chi connectivity index (χ3v) is 5.85. The number of hydrogen-bond acceptors (Lipinski definition) is 7. The molecule has 0 aliphatic rings. The Kier molecular flexibility index (Phi) is 8.20. The monoisotopic (exact) mass is 530 g/mol. The maximum atomic E-state index is 12.7. The van der Waals surface area contributed by atoms with Gasteiger partial charge in [0.05, 0.1) is 36.4 Å². The molecule has 0 bridgehead atoms. The standard InChI is InChI=1S/C31H26N6O3/c1-3-22-9-7-10-23(15-22)28-16-24(17-30(33-28)34-31(38)21-40-27-13-5-4-6-14-27)29-19-37(36-35-29)18-25-11-8-12-26(32-25)20-39-2/h1,4-17,19H,18,20-21H2,2H3,(H,33,34,38). The third-order valence-electron chi connectivity index (χ3n) is 5.85. The van der Waals surface area contributed by atoms with Gasteiger partial charge < -0.3 is 14.8 Å². The quantitative estimate of drug-likeness (QED) is 0.263. The fourth-order valence-electron chi connectivity index (χ4n) is 4.02. The Balaban J connectivity index is 1.41. The van der Waals surface area contributed by atoms with Crippen molar-refractivity contribution in [3.8, 4) is 40.6 Å². The number of hydrogen-bond donors (Lipinski definition) is 1. The van der Waals surface area contributed by atoms with Crippen LogP contribution in [0.25, 0.3) is 22.5 Å². The minimum atomic E-state index is -0.345. The van der Waals surface area contributed by atoms with E-state index >= 15 is 0 Å². The first kappa shape index (κ1) is 26.3. The summed E-state index contributed by atoms with van der Waals surface area (Å²) in [7, 11) is 1.64. The zero-order chi connectivity index (χ0) is 27.7. The molecule has 0 unspecified atom stereocenters. The van der Waals surface area contributed by atoms with Gasteiger partial charge in [0, 0.05) is 23.8 Å². The average Bonchev–Trinajstić information content (AvgIpc) is 3.45. The number of pyridine rings is 2.